The van der Waals surface area contributed by atoms with Crippen molar-refractivity contribution in [1.29, 1.82) is 0 Å². The highest BCUT2D eigenvalue weighted by Crippen LogP contribution is 2.35. The summed E-state index contributed by atoms with van der Waals surface area (Å²) < 4.78 is 22.0. The van der Waals surface area contributed by atoms with E-state index < -0.39 is 10.9 Å². The minimum Gasteiger partial charge on any atom is -0.497 e. The van der Waals surface area contributed by atoms with Gasteiger partial charge >= 0.3 is 10.9 Å². The maximum Gasteiger partial charge on any atom is 0.396 e. The average Bonchev–Trinajstić information content (AvgIpc) is 3.12. The van der Waals surface area contributed by atoms with Crippen molar-refractivity contribution in [1.82, 2.24) is 0 Å². The SMILES string of the molecule is COc1cccc(-c2cc(OC(=O)COc3ccc(Cl)cc3)cc3sc(=O)oc23)c1. The predicted molar refractivity (Wildman–Crippen MR) is 115 cm³/mol. The van der Waals surface area contributed by atoms with Gasteiger partial charge in [0.2, 0.25) is 0 Å². The van der Waals surface area contributed by atoms with Gasteiger partial charge in [0, 0.05) is 16.7 Å². The number of fused-ring (bicyclic) bond motifs is 1. The van der Waals surface area contributed by atoms with Crippen LogP contribution in [0.25, 0.3) is 21.4 Å². The van der Waals surface area contributed by atoms with Crippen molar-refractivity contribution < 1.29 is 23.4 Å². The van der Waals surface area contributed by atoms with E-state index in [9.17, 15) is 9.59 Å². The Morgan fingerprint density at radius 2 is 1.83 bits per heavy atom. The summed E-state index contributed by atoms with van der Waals surface area (Å²) in [6, 6.07) is 17.2. The molecule has 4 aromatic rings. The molecule has 30 heavy (non-hydrogen) atoms. The molecule has 1 aromatic heterocycles. The third-order valence-electron chi connectivity index (χ3n) is 4.19. The number of hydrogen-bond acceptors (Lipinski definition) is 7. The fourth-order valence-corrected chi connectivity index (χ4v) is 3.70. The number of carbonyl (C=O) groups is 1. The molecule has 3 aromatic carbocycles. The van der Waals surface area contributed by atoms with E-state index in [-0.39, 0.29) is 12.4 Å². The lowest BCUT2D eigenvalue weighted by Gasteiger charge is -2.10. The van der Waals surface area contributed by atoms with Gasteiger partial charge in [-0.25, -0.2) is 9.59 Å². The van der Waals surface area contributed by atoms with Gasteiger partial charge in [0.1, 0.15) is 17.2 Å². The quantitative estimate of drug-likeness (QED) is 0.303. The molecule has 0 fully saturated rings. The van der Waals surface area contributed by atoms with E-state index in [2.05, 4.69) is 0 Å². The monoisotopic (exact) mass is 442 g/mol. The number of rotatable bonds is 6. The summed E-state index contributed by atoms with van der Waals surface area (Å²) in [5, 5.41) is 0.572. The first-order valence-corrected chi connectivity index (χ1v) is 10.0. The Morgan fingerprint density at radius 3 is 2.60 bits per heavy atom. The van der Waals surface area contributed by atoms with Crippen LogP contribution in [0.4, 0.5) is 0 Å². The molecule has 6 nitrogen and oxygen atoms in total. The first-order chi connectivity index (χ1) is 14.5. The van der Waals surface area contributed by atoms with Gasteiger partial charge in [-0.15, -0.1) is 0 Å². The number of ether oxygens (including phenoxy) is 3. The number of hydrogen-bond donors (Lipinski definition) is 0. The fourth-order valence-electron chi connectivity index (χ4n) is 2.85. The van der Waals surface area contributed by atoms with Crippen LogP contribution in [-0.2, 0) is 4.79 Å². The predicted octanol–water partition coefficient (Wildman–Crippen LogP) is 5.17. The number of halogens is 1. The first kappa shape index (κ1) is 20.0. The van der Waals surface area contributed by atoms with Crippen molar-refractivity contribution in [3.05, 3.63) is 75.4 Å². The lowest BCUT2D eigenvalue weighted by Crippen LogP contribution is -2.17. The second kappa shape index (κ2) is 8.61. The zero-order valence-electron chi connectivity index (χ0n) is 15.7. The largest absolute Gasteiger partial charge is 0.497 e. The standard InChI is InChI=1S/C22H15ClO6S/c1-26-16-4-2-3-13(9-16)18-10-17(11-19-21(18)29-22(25)30-19)28-20(24)12-27-15-7-5-14(23)6-8-15/h2-11H,12H2,1H3. The second-order valence-corrected chi connectivity index (χ2v) is 7.61. The Bertz CT molecular complexity index is 1260. The molecule has 152 valence electrons. The average molecular weight is 443 g/mol. The van der Waals surface area contributed by atoms with E-state index in [1.54, 1.807) is 43.5 Å². The molecule has 0 spiro atoms. The molecule has 0 N–H and O–H groups in total. The summed E-state index contributed by atoms with van der Waals surface area (Å²) in [6.07, 6.45) is 0. The van der Waals surface area contributed by atoms with Crippen LogP contribution >= 0.6 is 22.9 Å². The van der Waals surface area contributed by atoms with Gasteiger partial charge in [0.15, 0.2) is 12.2 Å². The smallest absolute Gasteiger partial charge is 0.396 e. The summed E-state index contributed by atoms with van der Waals surface area (Å²) in [5.41, 5.74) is 1.80. The lowest BCUT2D eigenvalue weighted by molar-refractivity contribution is -0.136. The number of esters is 1. The van der Waals surface area contributed by atoms with Crippen LogP contribution in [0, 0.1) is 0 Å². The summed E-state index contributed by atoms with van der Waals surface area (Å²) >= 11 is 6.77. The Balaban J connectivity index is 1.60. The van der Waals surface area contributed by atoms with Crippen LogP contribution in [0.5, 0.6) is 17.2 Å². The summed E-state index contributed by atoms with van der Waals surface area (Å²) in [7, 11) is 1.57. The van der Waals surface area contributed by atoms with Gasteiger partial charge in [0.05, 0.1) is 11.8 Å². The number of carbonyl (C=O) groups excluding carboxylic acids is 1. The third-order valence-corrected chi connectivity index (χ3v) is 5.21. The molecule has 0 saturated carbocycles. The molecule has 0 aliphatic heterocycles. The zero-order chi connectivity index (χ0) is 21.1. The normalized spacial score (nSPS) is 10.7. The van der Waals surface area contributed by atoms with Crippen LogP contribution in [0.2, 0.25) is 5.02 Å². The first-order valence-electron chi connectivity index (χ1n) is 8.83. The summed E-state index contributed by atoms with van der Waals surface area (Å²) in [5.74, 6) is 0.840. The molecule has 8 heteroatoms. The van der Waals surface area contributed by atoms with E-state index in [1.807, 2.05) is 24.3 Å². The van der Waals surface area contributed by atoms with E-state index >= 15 is 0 Å². The van der Waals surface area contributed by atoms with Crippen molar-refractivity contribution in [2.75, 3.05) is 13.7 Å². The van der Waals surface area contributed by atoms with Gasteiger partial charge in [-0.2, -0.15) is 0 Å². The van der Waals surface area contributed by atoms with Crippen LogP contribution < -0.4 is 19.1 Å². The van der Waals surface area contributed by atoms with Crippen molar-refractivity contribution in [3.8, 4) is 28.4 Å². The van der Waals surface area contributed by atoms with Gasteiger partial charge in [-0.1, -0.05) is 35.1 Å². The third kappa shape index (κ3) is 4.48. The molecule has 0 amide bonds. The van der Waals surface area contributed by atoms with Crippen molar-refractivity contribution in [3.63, 3.8) is 0 Å². The zero-order valence-corrected chi connectivity index (χ0v) is 17.3. The molecule has 4 rings (SSSR count). The van der Waals surface area contributed by atoms with Crippen molar-refractivity contribution in [2.45, 2.75) is 0 Å². The van der Waals surface area contributed by atoms with Crippen molar-refractivity contribution in [2.24, 2.45) is 0 Å². The van der Waals surface area contributed by atoms with Gasteiger partial charge in [-0.05, 0) is 48.0 Å². The topological polar surface area (TPSA) is 75.0 Å². The second-order valence-electron chi connectivity index (χ2n) is 6.20. The van der Waals surface area contributed by atoms with Crippen LogP contribution in [0.3, 0.4) is 0 Å². The molecule has 0 aliphatic rings. The lowest BCUT2D eigenvalue weighted by atomic mass is 10.0. The Hall–Kier alpha value is -3.29. The highest BCUT2D eigenvalue weighted by molar-refractivity contribution is 7.16. The fraction of sp³-hybridized carbons (Fsp3) is 0.0909. The van der Waals surface area contributed by atoms with Crippen molar-refractivity contribution >= 4 is 39.2 Å². The van der Waals surface area contributed by atoms with E-state index in [4.69, 9.17) is 30.2 Å². The molecular weight excluding hydrogens is 428 g/mol. The molecule has 0 radical (unpaired) electrons. The molecule has 0 bridgehead atoms. The molecule has 1 heterocycles. The molecule has 0 unspecified atom stereocenters. The van der Waals surface area contributed by atoms with Gasteiger partial charge < -0.3 is 18.6 Å². The minimum atomic E-state index is -0.586. The summed E-state index contributed by atoms with van der Waals surface area (Å²) in [4.78, 5) is 23.6. The molecule has 0 aliphatic carbocycles. The number of methoxy groups -OCH3 is 1. The molecule has 0 saturated heterocycles. The van der Waals surface area contributed by atoms with Gasteiger partial charge in [-0.3, -0.25) is 0 Å². The maximum absolute atomic E-state index is 12.3. The summed E-state index contributed by atoms with van der Waals surface area (Å²) in [6.45, 7) is -0.282. The Kier molecular flexibility index (Phi) is 5.74. The Labute approximate surface area is 180 Å². The van der Waals surface area contributed by atoms with Gasteiger partial charge in [0.25, 0.3) is 0 Å². The highest BCUT2D eigenvalue weighted by Gasteiger charge is 2.15. The van der Waals surface area contributed by atoms with E-state index in [0.29, 0.717) is 32.4 Å². The maximum atomic E-state index is 12.3. The van der Waals surface area contributed by atoms with Crippen LogP contribution in [-0.4, -0.2) is 19.7 Å². The van der Waals surface area contributed by atoms with E-state index in [0.717, 1.165) is 16.9 Å². The van der Waals surface area contributed by atoms with Crippen LogP contribution in [0.1, 0.15) is 0 Å². The highest BCUT2D eigenvalue weighted by atomic mass is 35.5. The Morgan fingerprint density at radius 1 is 1.03 bits per heavy atom. The number of benzene rings is 3. The molecular formula is C22H15ClO6S. The van der Waals surface area contributed by atoms with E-state index in [1.165, 1.54) is 0 Å². The minimum absolute atomic E-state index is 0.280. The molecule has 0 atom stereocenters. The van der Waals surface area contributed by atoms with Crippen LogP contribution in [0.15, 0.2) is 69.9 Å².